The first-order valence-electron chi connectivity index (χ1n) is 9.15. The van der Waals surface area contributed by atoms with Gasteiger partial charge in [0.2, 0.25) is 11.7 Å². The van der Waals surface area contributed by atoms with Crippen LogP contribution in [0.1, 0.15) is 34.0 Å². The Morgan fingerprint density at radius 3 is 2.71 bits per heavy atom. The Morgan fingerprint density at radius 1 is 1.35 bits per heavy atom. The van der Waals surface area contributed by atoms with Crippen LogP contribution in [0.3, 0.4) is 0 Å². The average Bonchev–Trinajstić information content (AvgIpc) is 2.74. The zero-order chi connectivity index (χ0) is 22.7. The summed E-state index contributed by atoms with van der Waals surface area (Å²) in [5.74, 6) is -0.932. The fourth-order valence-electron chi connectivity index (χ4n) is 3.08. The number of hydrogen-bond acceptors (Lipinski definition) is 6. The van der Waals surface area contributed by atoms with E-state index in [0.29, 0.717) is 10.6 Å². The molecule has 158 valence electrons. The third kappa shape index (κ3) is 4.55. The van der Waals surface area contributed by atoms with E-state index in [2.05, 4.69) is 4.98 Å². The molecule has 0 spiro atoms. The minimum absolute atomic E-state index is 0.0635. The lowest BCUT2D eigenvalue weighted by Gasteiger charge is -2.19. The van der Waals surface area contributed by atoms with E-state index in [1.807, 2.05) is 6.07 Å². The van der Waals surface area contributed by atoms with Crippen LogP contribution in [-0.4, -0.2) is 26.5 Å². The lowest BCUT2D eigenvalue weighted by Crippen LogP contribution is -2.31. The number of halogens is 2. The first-order chi connectivity index (χ1) is 14.7. The molecule has 7 nitrogen and oxygen atoms in total. The van der Waals surface area contributed by atoms with Crippen LogP contribution in [0.25, 0.3) is 0 Å². The fourth-order valence-corrected chi connectivity index (χ4v) is 3.54. The van der Waals surface area contributed by atoms with E-state index in [4.69, 9.17) is 27.9 Å². The standard InChI is InChI=1S/C22H17Cl2N3O4/c1-12-16(9-25)21(29)27(11-14-4-3-7-26-10-14)22(30)19(12)20(28)13(2)31-18-6-5-15(23)8-17(18)24/h3-8,10,13,30H,11H2,1-2H3. The molecule has 0 radical (unpaired) electrons. The molecule has 2 heterocycles. The van der Waals surface area contributed by atoms with Gasteiger partial charge >= 0.3 is 0 Å². The van der Waals surface area contributed by atoms with Crippen molar-refractivity contribution in [3.05, 3.63) is 85.4 Å². The van der Waals surface area contributed by atoms with Crippen LogP contribution in [0.4, 0.5) is 0 Å². The Kier molecular flexibility index (Phi) is 6.64. The number of aromatic hydroxyl groups is 1. The van der Waals surface area contributed by atoms with Crippen LogP contribution in [0.15, 0.2) is 47.5 Å². The minimum atomic E-state index is -1.07. The number of carbonyl (C=O) groups excluding carboxylic acids is 1. The number of Topliss-reactive ketones (excluding diaryl/α,β-unsaturated/α-hetero) is 1. The molecule has 0 aliphatic carbocycles. The van der Waals surface area contributed by atoms with Gasteiger partial charge in [-0.1, -0.05) is 29.3 Å². The molecule has 0 saturated heterocycles. The molecule has 1 aromatic carbocycles. The normalized spacial score (nSPS) is 11.6. The minimum Gasteiger partial charge on any atom is -0.494 e. The second-order valence-corrected chi connectivity index (χ2v) is 7.61. The smallest absolute Gasteiger partial charge is 0.271 e. The summed E-state index contributed by atoms with van der Waals surface area (Å²) >= 11 is 12.0. The van der Waals surface area contributed by atoms with E-state index in [1.165, 1.54) is 32.2 Å². The van der Waals surface area contributed by atoms with Gasteiger partial charge in [-0.15, -0.1) is 0 Å². The maximum Gasteiger partial charge on any atom is 0.271 e. The molecule has 0 amide bonds. The fraction of sp³-hybridized carbons (Fsp3) is 0.182. The molecule has 0 fully saturated rings. The SMILES string of the molecule is Cc1c(C(=O)C(C)Oc2ccc(Cl)cc2Cl)c(O)n(Cc2cccnc2)c(=O)c1C#N. The Bertz CT molecular complexity index is 1250. The van der Waals surface area contributed by atoms with Crippen molar-refractivity contribution in [2.24, 2.45) is 0 Å². The van der Waals surface area contributed by atoms with Crippen molar-refractivity contribution in [1.82, 2.24) is 9.55 Å². The first kappa shape index (κ1) is 22.3. The van der Waals surface area contributed by atoms with E-state index in [9.17, 15) is 20.0 Å². The van der Waals surface area contributed by atoms with Crippen molar-refractivity contribution in [3.63, 3.8) is 0 Å². The zero-order valence-corrected chi connectivity index (χ0v) is 18.1. The Labute approximate surface area is 188 Å². The van der Waals surface area contributed by atoms with Gasteiger partial charge in [-0.3, -0.25) is 19.1 Å². The largest absolute Gasteiger partial charge is 0.494 e. The van der Waals surface area contributed by atoms with Crippen LogP contribution in [0, 0.1) is 18.3 Å². The van der Waals surface area contributed by atoms with Gasteiger partial charge in [0, 0.05) is 17.4 Å². The lowest BCUT2D eigenvalue weighted by molar-refractivity contribution is 0.0813. The van der Waals surface area contributed by atoms with Crippen LogP contribution >= 0.6 is 23.2 Å². The highest BCUT2D eigenvalue weighted by molar-refractivity contribution is 6.35. The molecule has 9 heteroatoms. The van der Waals surface area contributed by atoms with Gasteiger partial charge in [-0.05, 0) is 49.2 Å². The molecular weight excluding hydrogens is 441 g/mol. The highest BCUT2D eigenvalue weighted by atomic mass is 35.5. The van der Waals surface area contributed by atoms with Gasteiger partial charge in [0.1, 0.15) is 17.4 Å². The van der Waals surface area contributed by atoms with E-state index >= 15 is 0 Å². The number of nitrogens with zero attached hydrogens (tertiary/aromatic N) is 3. The number of pyridine rings is 2. The van der Waals surface area contributed by atoms with Crippen LogP contribution < -0.4 is 10.3 Å². The summed E-state index contributed by atoms with van der Waals surface area (Å²) in [5.41, 5.74) is -0.412. The summed E-state index contributed by atoms with van der Waals surface area (Å²) in [6, 6.07) is 9.76. The quantitative estimate of drug-likeness (QED) is 0.557. The summed E-state index contributed by atoms with van der Waals surface area (Å²) in [7, 11) is 0. The van der Waals surface area contributed by atoms with Crippen LogP contribution in [-0.2, 0) is 6.54 Å². The summed E-state index contributed by atoms with van der Waals surface area (Å²) in [6.07, 6.45) is 2.02. The Hall–Kier alpha value is -3.34. The van der Waals surface area contributed by atoms with Gasteiger partial charge < -0.3 is 9.84 Å². The lowest BCUT2D eigenvalue weighted by atomic mass is 9.99. The molecule has 0 saturated carbocycles. The van der Waals surface area contributed by atoms with E-state index in [0.717, 1.165) is 4.57 Å². The second kappa shape index (κ2) is 9.21. The first-order valence-corrected chi connectivity index (χ1v) is 9.91. The maximum absolute atomic E-state index is 13.2. The van der Waals surface area contributed by atoms with Crippen LogP contribution in [0.5, 0.6) is 11.6 Å². The van der Waals surface area contributed by atoms with Crippen molar-refractivity contribution in [2.75, 3.05) is 0 Å². The number of benzene rings is 1. The number of ketones is 1. The van der Waals surface area contributed by atoms with Gasteiger partial charge in [0.05, 0.1) is 17.1 Å². The summed E-state index contributed by atoms with van der Waals surface area (Å²) < 4.78 is 6.63. The maximum atomic E-state index is 13.2. The monoisotopic (exact) mass is 457 g/mol. The van der Waals surface area contributed by atoms with E-state index in [-0.39, 0.29) is 34.0 Å². The molecule has 0 bridgehead atoms. The molecule has 1 unspecified atom stereocenters. The van der Waals surface area contributed by atoms with Crippen molar-refractivity contribution < 1.29 is 14.6 Å². The summed E-state index contributed by atoms with van der Waals surface area (Å²) in [5, 5.41) is 20.9. The second-order valence-electron chi connectivity index (χ2n) is 6.76. The molecular formula is C22H17Cl2N3O4. The average molecular weight is 458 g/mol. The molecule has 1 atom stereocenters. The zero-order valence-electron chi connectivity index (χ0n) is 16.6. The number of hydrogen-bond donors (Lipinski definition) is 1. The van der Waals surface area contributed by atoms with Gasteiger partial charge in [-0.25, -0.2) is 0 Å². The van der Waals surface area contributed by atoms with Crippen LogP contribution in [0.2, 0.25) is 10.0 Å². The number of nitriles is 1. The van der Waals surface area contributed by atoms with Gasteiger partial charge in [-0.2, -0.15) is 5.26 Å². The number of ether oxygens (including phenoxy) is 1. The molecule has 0 aliphatic heterocycles. The predicted octanol–water partition coefficient (Wildman–Crippen LogP) is 4.13. The summed E-state index contributed by atoms with van der Waals surface area (Å²) in [4.78, 5) is 29.9. The topological polar surface area (TPSA) is 105 Å². The number of aromatic nitrogens is 2. The van der Waals surface area contributed by atoms with Crippen molar-refractivity contribution in [1.29, 1.82) is 5.26 Å². The van der Waals surface area contributed by atoms with Crippen molar-refractivity contribution >= 4 is 29.0 Å². The summed E-state index contributed by atoms with van der Waals surface area (Å²) in [6.45, 7) is 2.85. The number of carbonyl (C=O) groups is 1. The molecule has 31 heavy (non-hydrogen) atoms. The molecule has 0 aliphatic rings. The molecule has 2 aromatic heterocycles. The predicted molar refractivity (Wildman–Crippen MR) is 116 cm³/mol. The van der Waals surface area contributed by atoms with Crippen molar-refractivity contribution in [3.8, 4) is 17.7 Å². The molecule has 1 N–H and O–H groups in total. The molecule has 3 rings (SSSR count). The van der Waals surface area contributed by atoms with Gasteiger partial charge in [0.15, 0.2) is 6.10 Å². The van der Waals surface area contributed by atoms with Gasteiger partial charge in [0.25, 0.3) is 5.56 Å². The van der Waals surface area contributed by atoms with E-state index < -0.39 is 23.3 Å². The highest BCUT2D eigenvalue weighted by Crippen LogP contribution is 2.30. The molecule has 3 aromatic rings. The third-order valence-corrected chi connectivity index (χ3v) is 5.21. The highest BCUT2D eigenvalue weighted by Gasteiger charge is 2.28. The Balaban J connectivity index is 2.05. The third-order valence-electron chi connectivity index (χ3n) is 4.68. The Morgan fingerprint density at radius 2 is 2.10 bits per heavy atom. The van der Waals surface area contributed by atoms with Crippen molar-refractivity contribution in [2.45, 2.75) is 26.5 Å². The van der Waals surface area contributed by atoms with E-state index in [1.54, 1.807) is 24.4 Å². The number of rotatable bonds is 6.